The van der Waals surface area contributed by atoms with Crippen LogP contribution in [0.3, 0.4) is 0 Å². The van der Waals surface area contributed by atoms with Crippen LogP contribution in [0.25, 0.3) is 0 Å². The Hall–Kier alpha value is -0.120. The lowest BCUT2D eigenvalue weighted by atomic mass is 9.83. The standard InChI is InChI=1S/C14H30N2O/c1-10-6-11(2)13(4)16(8-10)12(3)7-14(5,15)9-17/h10-13,17H,6-9,15H2,1-5H3. The minimum atomic E-state index is -0.455. The molecule has 3 heteroatoms. The van der Waals surface area contributed by atoms with E-state index in [-0.39, 0.29) is 6.61 Å². The maximum atomic E-state index is 9.27. The van der Waals surface area contributed by atoms with Crippen molar-refractivity contribution in [1.29, 1.82) is 0 Å². The maximum absolute atomic E-state index is 9.27. The quantitative estimate of drug-likeness (QED) is 0.791. The zero-order valence-electron chi connectivity index (χ0n) is 12.1. The van der Waals surface area contributed by atoms with E-state index in [1.807, 2.05) is 6.92 Å². The first kappa shape index (κ1) is 14.9. The van der Waals surface area contributed by atoms with E-state index >= 15 is 0 Å². The molecule has 0 radical (unpaired) electrons. The summed E-state index contributed by atoms with van der Waals surface area (Å²) in [7, 11) is 0. The van der Waals surface area contributed by atoms with Gasteiger partial charge in [0.2, 0.25) is 0 Å². The molecule has 0 aromatic carbocycles. The van der Waals surface area contributed by atoms with Gasteiger partial charge in [-0.25, -0.2) is 0 Å². The second kappa shape index (κ2) is 5.68. The summed E-state index contributed by atoms with van der Waals surface area (Å²) in [5, 5.41) is 9.27. The third-order valence-electron chi connectivity index (χ3n) is 4.33. The van der Waals surface area contributed by atoms with Crippen LogP contribution in [0.4, 0.5) is 0 Å². The number of rotatable bonds is 4. The Kier molecular flexibility index (Phi) is 4.99. The molecule has 3 nitrogen and oxygen atoms in total. The molecule has 0 spiro atoms. The minimum Gasteiger partial charge on any atom is -0.394 e. The first-order valence-electron chi connectivity index (χ1n) is 6.92. The highest BCUT2D eigenvalue weighted by Crippen LogP contribution is 2.30. The van der Waals surface area contributed by atoms with Crippen molar-refractivity contribution in [2.45, 2.75) is 65.1 Å². The Bertz CT molecular complexity index is 242. The number of aliphatic hydroxyl groups is 1. The van der Waals surface area contributed by atoms with Crippen LogP contribution in [-0.2, 0) is 0 Å². The number of aliphatic hydroxyl groups excluding tert-OH is 1. The molecule has 0 bridgehead atoms. The van der Waals surface area contributed by atoms with Crippen LogP contribution in [0.5, 0.6) is 0 Å². The monoisotopic (exact) mass is 242 g/mol. The molecule has 1 aliphatic heterocycles. The van der Waals surface area contributed by atoms with Crippen LogP contribution in [0.1, 0.15) is 47.5 Å². The molecule has 0 aromatic heterocycles. The largest absolute Gasteiger partial charge is 0.394 e. The zero-order chi connectivity index (χ0) is 13.2. The van der Waals surface area contributed by atoms with Crippen LogP contribution >= 0.6 is 0 Å². The third kappa shape index (κ3) is 3.94. The van der Waals surface area contributed by atoms with Crippen molar-refractivity contribution in [3.05, 3.63) is 0 Å². The van der Waals surface area contributed by atoms with Crippen LogP contribution in [0.15, 0.2) is 0 Å². The van der Waals surface area contributed by atoms with Gasteiger partial charge in [-0.05, 0) is 45.4 Å². The topological polar surface area (TPSA) is 49.5 Å². The first-order valence-corrected chi connectivity index (χ1v) is 6.92. The number of hydrogen-bond donors (Lipinski definition) is 2. The Morgan fingerprint density at radius 2 is 2.00 bits per heavy atom. The molecule has 0 amide bonds. The molecule has 0 saturated carbocycles. The number of piperidine rings is 1. The van der Waals surface area contributed by atoms with Crippen molar-refractivity contribution in [2.24, 2.45) is 17.6 Å². The van der Waals surface area contributed by atoms with E-state index in [0.717, 1.165) is 24.8 Å². The lowest BCUT2D eigenvalue weighted by molar-refractivity contribution is 0.0308. The Labute approximate surface area is 106 Å². The smallest absolute Gasteiger partial charge is 0.0609 e. The van der Waals surface area contributed by atoms with Crippen molar-refractivity contribution in [3.8, 4) is 0 Å². The highest BCUT2D eigenvalue weighted by molar-refractivity contribution is 4.89. The van der Waals surface area contributed by atoms with Crippen molar-refractivity contribution >= 4 is 0 Å². The molecule has 5 atom stereocenters. The molecule has 1 rings (SSSR count). The molecule has 1 fully saturated rings. The van der Waals surface area contributed by atoms with Gasteiger partial charge >= 0.3 is 0 Å². The van der Waals surface area contributed by atoms with Gasteiger partial charge in [0, 0.05) is 24.2 Å². The van der Waals surface area contributed by atoms with Crippen LogP contribution in [0.2, 0.25) is 0 Å². The van der Waals surface area contributed by atoms with Gasteiger partial charge in [0.25, 0.3) is 0 Å². The van der Waals surface area contributed by atoms with Crippen LogP contribution < -0.4 is 5.73 Å². The summed E-state index contributed by atoms with van der Waals surface area (Å²) >= 11 is 0. The van der Waals surface area contributed by atoms with Gasteiger partial charge < -0.3 is 10.8 Å². The molecule has 3 N–H and O–H groups in total. The highest BCUT2D eigenvalue weighted by Gasteiger charge is 2.33. The predicted octanol–water partition coefficient (Wildman–Crippen LogP) is 1.84. The lowest BCUT2D eigenvalue weighted by Gasteiger charge is -2.46. The van der Waals surface area contributed by atoms with E-state index in [2.05, 4.69) is 32.6 Å². The summed E-state index contributed by atoms with van der Waals surface area (Å²) in [4.78, 5) is 2.57. The van der Waals surface area contributed by atoms with E-state index in [0.29, 0.717) is 12.1 Å². The molecule has 0 aromatic rings. The summed E-state index contributed by atoms with van der Waals surface area (Å²) in [6.07, 6.45) is 2.18. The average molecular weight is 242 g/mol. The Balaban J connectivity index is 2.63. The fourth-order valence-corrected chi connectivity index (χ4v) is 3.20. The molecule has 102 valence electrons. The van der Waals surface area contributed by atoms with Gasteiger partial charge in [0.1, 0.15) is 0 Å². The number of likely N-dealkylation sites (tertiary alicyclic amines) is 1. The first-order chi connectivity index (χ1) is 7.76. The van der Waals surface area contributed by atoms with E-state index in [4.69, 9.17) is 5.73 Å². The SMILES string of the molecule is CC1CC(C)C(C)N(C(C)CC(C)(N)CO)C1. The maximum Gasteiger partial charge on any atom is 0.0609 e. The fraction of sp³-hybridized carbons (Fsp3) is 1.00. The summed E-state index contributed by atoms with van der Waals surface area (Å²) in [6, 6.07) is 1.06. The predicted molar refractivity (Wildman–Crippen MR) is 72.9 cm³/mol. The Morgan fingerprint density at radius 1 is 1.41 bits per heavy atom. The van der Waals surface area contributed by atoms with Crippen molar-refractivity contribution in [1.82, 2.24) is 4.90 Å². The number of hydrogen-bond acceptors (Lipinski definition) is 3. The van der Waals surface area contributed by atoms with Gasteiger partial charge in [-0.1, -0.05) is 13.8 Å². The molecular weight excluding hydrogens is 212 g/mol. The molecule has 1 aliphatic rings. The van der Waals surface area contributed by atoms with Gasteiger partial charge in [0.05, 0.1) is 6.61 Å². The van der Waals surface area contributed by atoms with Crippen molar-refractivity contribution < 1.29 is 5.11 Å². The van der Waals surface area contributed by atoms with Gasteiger partial charge in [-0.2, -0.15) is 0 Å². The molecule has 1 saturated heterocycles. The second-order valence-corrected chi connectivity index (χ2v) is 6.62. The lowest BCUT2D eigenvalue weighted by Crippen LogP contribution is -2.54. The number of nitrogens with zero attached hydrogens (tertiary/aromatic N) is 1. The highest BCUT2D eigenvalue weighted by atomic mass is 16.3. The van der Waals surface area contributed by atoms with Crippen molar-refractivity contribution in [2.75, 3.05) is 13.2 Å². The molecule has 5 unspecified atom stereocenters. The molecule has 0 aliphatic carbocycles. The van der Waals surface area contributed by atoms with Gasteiger partial charge in [0.15, 0.2) is 0 Å². The average Bonchev–Trinajstić information content (AvgIpc) is 2.22. The zero-order valence-corrected chi connectivity index (χ0v) is 12.1. The summed E-state index contributed by atoms with van der Waals surface area (Å²) in [5.41, 5.74) is 5.61. The minimum absolute atomic E-state index is 0.0602. The number of nitrogens with two attached hydrogens (primary N) is 1. The summed E-state index contributed by atoms with van der Waals surface area (Å²) < 4.78 is 0. The van der Waals surface area contributed by atoms with E-state index in [1.165, 1.54) is 6.42 Å². The van der Waals surface area contributed by atoms with Gasteiger partial charge in [-0.15, -0.1) is 0 Å². The van der Waals surface area contributed by atoms with Crippen molar-refractivity contribution in [3.63, 3.8) is 0 Å². The molecule has 1 heterocycles. The van der Waals surface area contributed by atoms with E-state index in [9.17, 15) is 5.11 Å². The van der Waals surface area contributed by atoms with E-state index in [1.54, 1.807) is 0 Å². The molecular formula is C14H30N2O. The van der Waals surface area contributed by atoms with Gasteiger partial charge in [-0.3, -0.25) is 4.90 Å². The van der Waals surface area contributed by atoms with E-state index < -0.39 is 5.54 Å². The summed E-state index contributed by atoms with van der Waals surface area (Å²) in [5.74, 6) is 1.51. The fourth-order valence-electron chi connectivity index (χ4n) is 3.20. The second-order valence-electron chi connectivity index (χ2n) is 6.62. The van der Waals surface area contributed by atoms with Crippen LogP contribution in [-0.4, -0.2) is 40.8 Å². The Morgan fingerprint density at radius 3 is 2.53 bits per heavy atom. The third-order valence-corrected chi connectivity index (χ3v) is 4.33. The summed E-state index contributed by atoms with van der Waals surface area (Å²) in [6.45, 7) is 12.4. The molecule has 17 heavy (non-hydrogen) atoms. The normalized spacial score (nSPS) is 36.5. The van der Waals surface area contributed by atoms with Crippen LogP contribution in [0, 0.1) is 11.8 Å².